The smallest absolute Gasteiger partial charge is 0.416 e. The summed E-state index contributed by atoms with van der Waals surface area (Å²) in [7, 11) is 0. The Hall–Kier alpha value is -6.73. The maximum Gasteiger partial charge on any atom is 0.416 e. The van der Waals surface area contributed by atoms with E-state index in [2.05, 4.69) is 20.7 Å². The number of nitrogens with two attached hydrogens (primary N) is 1. The van der Waals surface area contributed by atoms with Crippen LogP contribution in [-0.4, -0.2) is 109 Å². The van der Waals surface area contributed by atoms with Gasteiger partial charge in [-0.25, -0.2) is 19.2 Å². The number of amides is 6. The first-order chi connectivity index (χ1) is 42.1. The molecule has 0 aliphatic carbocycles. The lowest BCUT2D eigenvalue weighted by atomic mass is 9.97. The number of alkyl halides is 20. The summed E-state index contributed by atoms with van der Waals surface area (Å²) in [4.78, 5) is 50.9. The summed E-state index contributed by atoms with van der Waals surface area (Å²) in [6.45, 7) is 16.1. The van der Waals surface area contributed by atoms with Crippen LogP contribution in [0.5, 0.6) is 5.75 Å². The fourth-order valence-electron chi connectivity index (χ4n) is 8.33. The van der Waals surface area contributed by atoms with Gasteiger partial charge in [0.1, 0.15) is 17.0 Å². The molecule has 16 nitrogen and oxygen atoms in total. The highest BCUT2D eigenvalue weighted by atomic mass is 35.5. The van der Waals surface area contributed by atoms with Gasteiger partial charge in [0.15, 0.2) is 0 Å². The molecule has 6 rings (SSSR count). The second-order valence-corrected chi connectivity index (χ2v) is 23.4. The SMILES string of the molecule is CC(C)(C)OC(=O)N1CCC(CN)CC1.CC(C)(C)OC(=O)N1CCC(CNC(=O)Nc2cc(C(F)(F)F)cc(C(F)(F)F)c2)CC1.ClCCl.N#COc1cc(C(F)(F)F)cc(C(F)(F)F)c1.O=C(NCC1CCNCC1)Nc1cc(C(F)(F)F)cc(C(F)(F)F)c1. The molecule has 0 radical (unpaired) electrons. The highest BCUT2D eigenvalue weighted by Crippen LogP contribution is 2.41. The van der Waals surface area contributed by atoms with E-state index in [4.69, 9.17) is 43.7 Å². The van der Waals surface area contributed by atoms with Crippen molar-refractivity contribution in [2.75, 3.05) is 74.9 Å². The molecule has 0 saturated carbocycles. The molecule has 6 amide bonds. The fraction of sp³-hybridized carbons (Fsp3) is 0.589. The minimum absolute atomic E-state index is 0.00770. The second kappa shape index (κ2) is 35.0. The van der Waals surface area contributed by atoms with E-state index >= 15 is 0 Å². The number of carbonyl (C=O) groups excluding carboxylic acids is 4. The second-order valence-electron chi connectivity index (χ2n) is 22.5. The topological polar surface area (TPSA) is 212 Å². The number of anilines is 2. The van der Waals surface area contributed by atoms with E-state index in [1.807, 2.05) is 31.4 Å². The summed E-state index contributed by atoms with van der Waals surface area (Å²) >= 11 is 9.53. The highest BCUT2D eigenvalue weighted by Gasteiger charge is 2.40. The lowest BCUT2D eigenvalue weighted by Crippen LogP contribution is -2.44. The maximum absolute atomic E-state index is 12.9. The first-order valence-electron chi connectivity index (χ1n) is 27.6. The molecule has 3 aliphatic heterocycles. The third kappa shape index (κ3) is 31.3. The van der Waals surface area contributed by atoms with Gasteiger partial charge in [-0.3, -0.25) is 0 Å². The van der Waals surface area contributed by atoms with Crippen molar-refractivity contribution < 1.29 is 112 Å². The van der Waals surface area contributed by atoms with E-state index in [0.29, 0.717) is 74.8 Å². The number of ether oxygens (including phenoxy) is 3. The summed E-state index contributed by atoms with van der Waals surface area (Å²) in [6, 6.07) is 0.639. The van der Waals surface area contributed by atoms with Crippen molar-refractivity contribution in [2.45, 2.75) is 128 Å². The van der Waals surface area contributed by atoms with Crippen LogP contribution in [0.3, 0.4) is 0 Å². The number of nitriles is 1. The van der Waals surface area contributed by atoms with Gasteiger partial charge in [0, 0.05) is 50.6 Å². The average Bonchev–Trinajstić information content (AvgIpc) is 0.845. The molecule has 0 aromatic heterocycles. The number of benzene rings is 3. The number of rotatable bonds is 8. The number of hydrogen-bond donors (Lipinski definition) is 6. The Morgan fingerprint density at radius 3 is 1.03 bits per heavy atom. The molecule has 3 fully saturated rings. The van der Waals surface area contributed by atoms with Gasteiger partial charge in [0.05, 0.1) is 38.7 Å². The summed E-state index contributed by atoms with van der Waals surface area (Å²) < 4.78 is 242. The van der Waals surface area contributed by atoms with E-state index < -0.39 is 117 Å². The zero-order chi connectivity index (χ0) is 70.4. The number of likely N-dealkylation sites (tertiary alicyclic amines) is 2. The lowest BCUT2D eigenvalue weighted by Gasteiger charge is -2.33. The Bertz CT molecular complexity index is 2770. The predicted octanol–water partition coefficient (Wildman–Crippen LogP) is 15.9. The maximum atomic E-state index is 12.9. The van der Waals surface area contributed by atoms with Gasteiger partial charge in [-0.05, 0) is 172 Å². The zero-order valence-electron chi connectivity index (χ0n) is 50.1. The molecule has 92 heavy (non-hydrogen) atoms. The van der Waals surface area contributed by atoms with Crippen LogP contribution in [0, 0.1) is 29.3 Å². The minimum Gasteiger partial charge on any atom is -0.444 e. The van der Waals surface area contributed by atoms with Crippen LogP contribution in [0.1, 0.15) is 113 Å². The standard InChI is InChI=1S/C20H25F6N3O3.C15H17F6N3O.C11H22N2O2.C9H3F6NO.CH2Cl2/c1-18(2,3)32-17(31)29-6-4-12(5-7-29)11-27-16(30)28-15-9-13(19(21,22)23)8-14(10-15)20(24,25)26;16-14(17,18)10-5-11(15(19,20)21)7-12(6-10)24-13(25)23-8-9-1-3-22-4-2-9;1-11(2,3)15-10(14)13-6-4-9(8-12)5-7-13;10-8(11,12)5-1-6(9(13,14)15)3-7(2-5)17-4-16;2-1-3/h8-10,12H,4-7,11H2,1-3H3,(H2,27,28,30);5-7,9,22H,1-4,8H2,(H2,23,24,25);9H,4-8,12H2,1-3H3;1-3H;1H2. The van der Waals surface area contributed by atoms with Crippen molar-refractivity contribution in [1.82, 2.24) is 25.8 Å². The van der Waals surface area contributed by atoms with E-state index in [0.717, 1.165) is 64.7 Å². The van der Waals surface area contributed by atoms with Gasteiger partial charge in [0.2, 0.25) is 0 Å². The number of nitrogens with zero attached hydrogens (tertiary/aromatic N) is 3. The van der Waals surface area contributed by atoms with Crippen LogP contribution < -0.4 is 37.1 Å². The third-order valence-corrected chi connectivity index (χ3v) is 12.8. The van der Waals surface area contributed by atoms with Crippen LogP contribution in [0.4, 0.5) is 110 Å². The summed E-state index contributed by atoms with van der Waals surface area (Å²) in [5.41, 5.74) is -5.66. The van der Waals surface area contributed by atoms with Crippen molar-refractivity contribution in [3.63, 3.8) is 0 Å². The Morgan fingerprint density at radius 2 is 0.772 bits per heavy atom. The number of carbonyl (C=O) groups is 4. The number of urea groups is 2. The largest absolute Gasteiger partial charge is 0.444 e. The molecule has 3 aromatic carbocycles. The van der Waals surface area contributed by atoms with Crippen molar-refractivity contribution in [2.24, 2.45) is 23.5 Å². The van der Waals surface area contributed by atoms with Crippen molar-refractivity contribution >= 4 is 58.8 Å². The van der Waals surface area contributed by atoms with E-state index in [1.54, 1.807) is 30.6 Å². The van der Waals surface area contributed by atoms with Crippen LogP contribution in [0.25, 0.3) is 0 Å². The first-order valence-corrected chi connectivity index (χ1v) is 28.7. The number of nitrogens with one attached hydrogen (secondary N) is 5. The summed E-state index contributed by atoms with van der Waals surface area (Å²) in [5.74, 6) is -0.0238. The van der Waals surface area contributed by atoms with Gasteiger partial charge in [-0.15, -0.1) is 28.5 Å². The van der Waals surface area contributed by atoms with E-state index in [1.165, 1.54) is 0 Å². The monoisotopic (exact) mass is 1390 g/mol. The molecule has 7 N–H and O–H groups in total. The van der Waals surface area contributed by atoms with E-state index in [9.17, 15) is 98.2 Å². The van der Waals surface area contributed by atoms with Crippen LogP contribution >= 0.6 is 23.2 Å². The van der Waals surface area contributed by atoms with Gasteiger partial charge < -0.3 is 56.3 Å². The van der Waals surface area contributed by atoms with Crippen molar-refractivity contribution in [3.05, 3.63) is 88.0 Å². The summed E-state index contributed by atoms with van der Waals surface area (Å²) in [5, 5.41) is 20.4. The van der Waals surface area contributed by atoms with Gasteiger partial charge in [0.25, 0.3) is 6.26 Å². The molecule has 3 aliphatic rings. The van der Waals surface area contributed by atoms with Crippen molar-refractivity contribution in [1.29, 1.82) is 5.26 Å². The molecular formula is C56H69Cl2F18N9O7. The quantitative estimate of drug-likeness (QED) is 0.0713. The predicted molar refractivity (Wildman–Crippen MR) is 302 cm³/mol. The third-order valence-electron chi connectivity index (χ3n) is 12.8. The van der Waals surface area contributed by atoms with Crippen LogP contribution in [0.15, 0.2) is 54.6 Å². The van der Waals surface area contributed by atoms with Gasteiger partial charge in [-0.1, -0.05) is 0 Å². The molecule has 520 valence electrons. The molecule has 3 aromatic rings. The van der Waals surface area contributed by atoms with Gasteiger partial charge in [-0.2, -0.15) is 79.0 Å². The zero-order valence-corrected chi connectivity index (χ0v) is 51.6. The molecule has 3 heterocycles. The molecular weight excluding hydrogens is 1320 g/mol. The van der Waals surface area contributed by atoms with Crippen molar-refractivity contribution in [3.8, 4) is 12.0 Å². The van der Waals surface area contributed by atoms with Crippen LogP contribution in [0.2, 0.25) is 0 Å². The van der Waals surface area contributed by atoms with Crippen LogP contribution in [-0.2, 0) is 46.5 Å². The van der Waals surface area contributed by atoms with Gasteiger partial charge >= 0.3 is 61.3 Å². The normalized spacial score (nSPS) is 15.6. The number of hydrogen-bond acceptors (Lipinski definition) is 10. The molecule has 0 spiro atoms. The molecule has 0 bridgehead atoms. The molecule has 0 atom stereocenters. The fourth-order valence-corrected chi connectivity index (χ4v) is 8.33. The molecule has 3 saturated heterocycles. The summed E-state index contributed by atoms with van der Waals surface area (Å²) in [6.07, 6.45) is -24.7. The number of piperidine rings is 3. The average molecular weight is 1390 g/mol. The lowest BCUT2D eigenvalue weighted by molar-refractivity contribution is -0.144. The van der Waals surface area contributed by atoms with E-state index in [-0.39, 0.29) is 48.0 Å². The number of halogens is 20. The Kier molecular flexibility index (Phi) is 30.9. The minimum atomic E-state index is -5.00. The molecule has 0 unspecified atom stereocenters. The first kappa shape index (κ1) is 81.4. The Labute approximate surface area is 527 Å². The molecule has 36 heteroatoms. The highest BCUT2D eigenvalue weighted by molar-refractivity contribution is 6.40. The Balaban J connectivity index is 0.000000428. The Morgan fingerprint density at radius 1 is 0.500 bits per heavy atom.